The Bertz CT molecular complexity index is 700. The Morgan fingerprint density at radius 1 is 1.04 bits per heavy atom. The van der Waals surface area contributed by atoms with Gasteiger partial charge in [0.1, 0.15) is 11.6 Å². The monoisotopic (exact) mass is 411 g/mol. The molecule has 0 N–H and O–H groups in total. The Kier molecular flexibility index (Phi) is 8.98. The van der Waals surface area contributed by atoms with Gasteiger partial charge in [-0.3, -0.25) is 9.59 Å². The van der Waals surface area contributed by atoms with E-state index in [1.165, 1.54) is 19.2 Å². The highest BCUT2D eigenvalue weighted by Crippen LogP contribution is 2.19. The molecule has 0 bridgehead atoms. The summed E-state index contributed by atoms with van der Waals surface area (Å²) in [5.74, 6) is -2.10. The van der Waals surface area contributed by atoms with Gasteiger partial charge in [-0.2, -0.15) is 0 Å². The lowest BCUT2D eigenvalue weighted by Crippen LogP contribution is -2.52. The van der Waals surface area contributed by atoms with Crippen molar-refractivity contribution in [3.63, 3.8) is 0 Å². The maximum absolute atomic E-state index is 13.0. The third-order valence-corrected chi connectivity index (χ3v) is 4.33. The first kappa shape index (κ1) is 23.5. The number of carbonyl (C=O) groups excluding carboxylic acids is 4. The smallest absolute Gasteiger partial charge is 0.418 e. The summed E-state index contributed by atoms with van der Waals surface area (Å²) in [6, 6.07) is 6.77. The Morgan fingerprint density at radius 3 is 2.14 bits per heavy atom. The van der Waals surface area contributed by atoms with Crippen LogP contribution in [-0.4, -0.2) is 66.2 Å². The van der Waals surface area contributed by atoms with Crippen molar-refractivity contribution in [3.05, 3.63) is 35.9 Å². The molecule has 0 saturated carbocycles. The van der Waals surface area contributed by atoms with Crippen LogP contribution >= 0.6 is 11.8 Å². The fourth-order valence-corrected chi connectivity index (χ4v) is 2.99. The molecule has 0 aliphatic carbocycles. The van der Waals surface area contributed by atoms with E-state index >= 15 is 0 Å². The largest absolute Gasteiger partial charge is 0.468 e. The molecular formula is C19H25NO7S. The summed E-state index contributed by atoms with van der Waals surface area (Å²) < 4.78 is 14.7. The predicted octanol–water partition coefficient (Wildman–Crippen LogP) is 2.51. The molecule has 0 saturated heterocycles. The first-order valence-corrected chi connectivity index (χ1v) is 9.60. The molecule has 2 amide bonds. The van der Waals surface area contributed by atoms with E-state index in [0.717, 1.165) is 23.8 Å². The van der Waals surface area contributed by atoms with E-state index in [0.29, 0.717) is 0 Å². The molecule has 1 atom stereocenters. The van der Waals surface area contributed by atoms with Crippen molar-refractivity contribution in [1.29, 1.82) is 0 Å². The molecule has 1 aromatic rings. The fourth-order valence-electron chi connectivity index (χ4n) is 2.08. The van der Waals surface area contributed by atoms with Crippen LogP contribution in [0.3, 0.4) is 0 Å². The van der Waals surface area contributed by atoms with Crippen LogP contribution in [0, 0.1) is 0 Å². The van der Waals surface area contributed by atoms with Gasteiger partial charge in [-0.15, -0.1) is 11.8 Å². The maximum atomic E-state index is 13.0. The first-order valence-electron chi connectivity index (χ1n) is 8.44. The third-order valence-electron chi connectivity index (χ3n) is 3.34. The Balaban J connectivity index is 3.21. The molecule has 1 rings (SSSR count). The van der Waals surface area contributed by atoms with Crippen LogP contribution in [0.4, 0.5) is 4.79 Å². The number of amides is 2. The summed E-state index contributed by atoms with van der Waals surface area (Å²) in [7, 11) is 2.40. The number of nitrogens with zero attached hydrogens (tertiary/aromatic N) is 1. The number of carbonyl (C=O) groups is 4. The summed E-state index contributed by atoms with van der Waals surface area (Å²) in [5.41, 5.74) is -0.674. The van der Waals surface area contributed by atoms with Crippen LogP contribution in [0.2, 0.25) is 0 Å². The third kappa shape index (κ3) is 7.22. The average Bonchev–Trinajstić information content (AvgIpc) is 2.65. The van der Waals surface area contributed by atoms with E-state index in [9.17, 15) is 19.2 Å². The molecule has 28 heavy (non-hydrogen) atoms. The minimum Gasteiger partial charge on any atom is -0.468 e. The van der Waals surface area contributed by atoms with E-state index < -0.39 is 35.6 Å². The topological polar surface area (TPSA) is 99.2 Å². The first-order chi connectivity index (χ1) is 13.1. The second-order valence-electron chi connectivity index (χ2n) is 6.65. The van der Waals surface area contributed by atoms with Crippen LogP contribution in [0.15, 0.2) is 30.3 Å². The summed E-state index contributed by atoms with van der Waals surface area (Å²) in [6.45, 7) is 4.94. The normalized spacial score (nSPS) is 11.9. The standard InChI is InChI=1S/C19H25NO7S/c1-19(2,3)27-18(24)20(16(22)13-9-7-6-8-10-13)14(17(23)26-5)11-28-12-15(21)25-4/h6-10,14H,11-12H2,1-5H3/t14-/m0/s1. The van der Waals surface area contributed by atoms with Gasteiger partial charge in [0.15, 0.2) is 0 Å². The van der Waals surface area contributed by atoms with Gasteiger partial charge >= 0.3 is 18.0 Å². The molecule has 1 aromatic carbocycles. The van der Waals surface area contributed by atoms with Gasteiger partial charge in [0, 0.05) is 11.3 Å². The zero-order valence-electron chi connectivity index (χ0n) is 16.6. The van der Waals surface area contributed by atoms with Crippen LogP contribution in [0.25, 0.3) is 0 Å². The van der Waals surface area contributed by atoms with Crippen LogP contribution < -0.4 is 0 Å². The van der Waals surface area contributed by atoms with Crippen molar-refractivity contribution in [2.75, 3.05) is 25.7 Å². The number of esters is 2. The van der Waals surface area contributed by atoms with Crippen molar-refractivity contribution in [1.82, 2.24) is 4.90 Å². The number of ether oxygens (including phenoxy) is 3. The molecule has 0 radical (unpaired) electrons. The summed E-state index contributed by atoms with van der Waals surface area (Å²) >= 11 is 1.04. The van der Waals surface area contributed by atoms with Gasteiger partial charge < -0.3 is 14.2 Å². The van der Waals surface area contributed by atoms with Crippen LogP contribution in [0.1, 0.15) is 31.1 Å². The highest BCUT2D eigenvalue weighted by Gasteiger charge is 2.38. The van der Waals surface area contributed by atoms with Crippen molar-refractivity contribution in [2.24, 2.45) is 0 Å². The molecule has 0 fully saturated rings. The molecule has 0 unspecified atom stereocenters. The zero-order valence-corrected chi connectivity index (χ0v) is 17.4. The molecule has 0 aliphatic rings. The van der Waals surface area contributed by atoms with Crippen molar-refractivity contribution in [2.45, 2.75) is 32.4 Å². The average molecular weight is 411 g/mol. The zero-order chi connectivity index (χ0) is 21.3. The van der Waals surface area contributed by atoms with Crippen LogP contribution in [-0.2, 0) is 23.8 Å². The summed E-state index contributed by atoms with van der Waals surface area (Å²) in [6.07, 6.45) is -0.976. The van der Waals surface area contributed by atoms with Gasteiger partial charge in [0.2, 0.25) is 0 Å². The number of rotatable bonds is 7. The molecule has 0 heterocycles. The van der Waals surface area contributed by atoms with E-state index in [1.807, 2.05) is 0 Å². The molecule has 0 aliphatic heterocycles. The Hall–Kier alpha value is -2.55. The lowest BCUT2D eigenvalue weighted by molar-refractivity contribution is -0.145. The highest BCUT2D eigenvalue weighted by molar-refractivity contribution is 8.00. The molecule has 0 aromatic heterocycles. The van der Waals surface area contributed by atoms with Crippen molar-refractivity contribution >= 4 is 35.7 Å². The lowest BCUT2D eigenvalue weighted by atomic mass is 10.1. The van der Waals surface area contributed by atoms with E-state index in [4.69, 9.17) is 9.47 Å². The number of imide groups is 1. The van der Waals surface area contributed by atoms with E-state index in [1.54, 1.807) is 39.0 Å². The molecule has 9 heteroatoms. The van der Waals surface area contributed by atoms with E-state index in [2.05, 4.69) is 4.74 Å². The number of thioether (sulfide) groups is 1. The number of benzene rings is 1. The fraction of sp³-hybridized carbons (Fsp3) is 0.474. The number of methoxy groups -OCH3 is 2. The van der Waals surface area contributed by atoms with Gasteiger partial charge in [-0.25, -0.2) is 14.5 Å². The van der Waals surface area contributed by atoms with Crippen LogP contribution in [0.5, 0.6) is 0 Å². The quantitative estimate of drug-likeness (QED) is 0.498. The Labute approximate surface area is 168 Å². The van der Waals surface area contributed by atoms with Gasteiger partial charge in [-0.1, -0.05) is 18.2 Å². The second-order valence-corrected chi connectivity index (χ2v) is 7.68. The minimum absolute atomic E-state index is 0.0499. The highest BCUT2D eigenvalue weighted by atomic mass is 32.2. The number of hydrogen-bond donors (Lipinski definition) is 0. The number of hydrogen-bond acceptors (Lipinski definition) is 8. The molecule has 0 spiro atoms. The predicted molar refractivity (Wildman–Crippen MR) is 104 cm³/mol. The summed E-state index contributed by atoms with van der Waals surface area (Å²) in [5, 5.41) is 0. The van der Waals surface area contributed by atoms with Gasteiger partial charge in [-0.05, 0) is 32.9 Å². The Morgan fingerprint density at radius 2 is 1.64 bits per heavy atom. The lowest BCUT2D eigenvalue weighted by Gasteiger charge is -2.30. The SMILES string of the molecule is COC(=O)CSC[C@@H](C(=O)OC)N(C(=O)OC(C)(C)C)C(=O)c1ccccc1. The van der Waals surface area contributed by atoms with Crippen molar-refractivity contribution in [3.8, 4) is 0 Å². The molecule has 8 nitrogen and oxygen atoms in total. The maximum Gasteiger partial charge on any atom is 0.418 e. The molecular weight excluding hydrogens is 386 g/mol. The van der Waals surface area contributed by atoms with Gasteiger partial charge in [0.25, 0.3) is 5.91 Å². The van der Waals surface area contributed by atoms with Gasteiger partial charge in [0.05, 0.1) is 20.0 Å². The minimum atomic E-state index is -1.28. The van der Waals surface area contributed by atoms with Crippen molar-refractivity contribution < 1.29 is 33.4 Å². The second kappa shape index (κ2) is 10.7. The van der Waals surface area contributed by atoms with E-state index in [-0.39, 0.29) is 17.1 Å². The molecule has 154 valence electrons. The summed E-state index contributed by atoms with van der Waals surface area (Å²) in [4.78, 5) is 50.2.